The Labute approximate surface area is 113 Å². The van der Waals surface area contributed by atoms with Crippen LogP contribution in [-0.4, -0.2) is 19.1 Å². The Morgan fingerprint density at radius 1 is 1.35 bits per heavy atom. The Morgan fingerprint density at radius 2 is 1.94 bits per heavy atom. The predicted octanol–water partition coefficient (Wildman–Crippen LogP) is 2.56. The minimum absolute atomic E-state index is 0.266. The molecule has 0 bridgehead atoms. The van der Waals surface area contributed by atoms with Gasteiger partial charge in [0.05, 0.1) is 10.7 Å². The maximum absolute atomic E-state index is 11.9. The van der Waals surface area contributed by atoms with Gasteiger partial charge in [0.15, 0.2) is 4.75 Å². The molecule has 0 saturated carbocycles. The van der Waals surface area contributed by atoms with Crippen LogP contribution in [0.5, 0.6) is 0 Å². The molecule has 0 aromatic heterocycles. The summed E-state index contributed by atoms with van der Waals surface area (Å²) in [6.07, 6.45) is 0. The lowest BCUT2D eigenvalue weighted by Gasteiger charge is -2.42. The lowest BCUT2D eigenvalue weighted by molar-refractivity contribution is -0.120. The monoisotopic (exact) mass is 337 g/mol. The predicted molar refractivity (Wildman–Crippen MR) is 69.6 cm³/mol. The van der Waals surface area contributed by atoms with Crippen LogP contribution in [0.15, 0.2) is 22.7 Å². The fourth-order valence-electron chi connectivity index (χ4n) is 1.52. The van der Waals surface area contributed by atoms with Crippen molar-refractivity contribution in [3.05, 3.63) is 27.7 Å². The molecule has 1 fully saturated rings. The van der Waals surface area contributed by atoms with Gasteiger partial charge in [-0.3, -0.25) is 4.79 Å². The second-order valence-electron chi connectivity index (χ2n) is 4.18. The smallest absolute Gasteiger partial charge is 0.263 e. The number of benzene rings is 1. The zero-order valence-corrected chi connectivity index (χ0v) is 12.2. The Morgan fingerprint density at radius 3 is 2.41 bits per heavy atom. The van der Waals surface area contributed by atoms with Gasteiger partial charge in [0.25, 0.3) is 15.9 Å². The highest BCUT2D eigenvalue weighted by atomic mass is 79.9. The van der Waals surface area contributed by atoms with Crippen LogP contribution in [0.3, 0.4) is 0 Å². The van der Waals surface area contributed by atoms with E-state index in [1.165, 1.54) is 26.0 Å². The Bertz CT molecular complexity index is 612. The molecule has 4 nitrogen and oxygen atoms in total. The van der Waals surface area contributed by atoms with Crippen molar-refractivity contribution in [2.75, 3.05) is 4.31 Å². The van der Waals surface area contributed by atoms with Crippen LogP contribution in [0.1, 0.15) is 13.8 Å². The van der Waals surface area contributed by atoms with Gasteiger partial charge in [0.1, 0.15) is 0 Å². The molecule has 1 aromatic rings. The SMILES string of the molecule is CC1(C)C(=O)N(c2ccc(Br)c(Cl)c2)S1(=O)=O. The first-order valence-electron chi connectivity index (χ1n) is 4.74. The highest BCUT2D eigenvalue weighted by molar-refractivity contribution is 9.10. The van der Waals surface area contributed by atoms with Crippen molar-refractivity contribution in [2.24, 2.45) is 0 Å². The molecule has 0 unspecified atom stereocenters. The van der Waals surface area contributed by atoms with Gasteiger partial charge in [0.2, 0.25) is 0 Å². The standard InChI is InChI=1S/C10H9BrClNO3S/c1-10(2)9(14)13(17(10,15)16)6-3-4-7(11)8(12)5-6/h3-5H,1-2H3. The number of hydrogen-bond acceptors (Lipinski definition) is 3. The molecule has 1 aliphatic rings. The summed E-state index contributed by atoms with van der Waals surface area (Å²) in [6.45, 7) is 2.78. The summed E-state index contributed by atoms with van der Waals surface area (Å²) in [5.41, 5.74) is 0.266. The largest absolute Gasteiger partial charge is 0.272 e. The van der Waals surface area contributed by atoms with E-state index < -0.39 is 20.7 Å². The Balaban J connectivity index is 2.51. The minimum Gasteiger partial charge on any atom is -0.272 e. The Hall–Kier alpha value is -0.590. The molecule has 92 valence electrons. The zero-order chi connectivity index (χ0) is 13.0. The fraction of sp³-hybridized carbons (Fsp3) is 0.300. The summed E-state index contributed by atoms with van der Waals surface area (Å²) in [5, 5.41) is 0.357. The first kappa shape index (κ1) is 12.9. The van der Waals surface area contributed by atoms with Gasteiger partial charge in [-0.1, -0.05) is 11.6 Å². The summed E-state index contributed by atoms with van der Waals surface area (Å²) in [6, 6.07) is 4.57. The van der Waals surface area contributed by atoms with E-state index in [-0.39, 0.29) is 5.69 Å². The molecular weight excluding hydrogens is 330 g/mol. The summed E-state index contributed by atoms with van der Waals surface area (Å²) in [7, 11) is -3.62. The number of rotatable bonds is 1. The van der Waals surface area contributed by atoms with Crippen molar-refractivity contribution in [1.29, 1.82) is 0 Å². The van der Waals surface area contributed by atoms with E-state index in [1.54, 1.807) is 6.07 Å². The molecule has 0 atom stereocenters. The number of anilines is 1. The van der Waals surface area contributed by atoms with Crippen molar-refractivity contribution >= 4 is 49.1 Å². The molecule has 1 amide bonds. The highest BCUT2D eigenvalue weighted by Gasteiger charge is 2.60. The van der Waals surface area contributed by atoms with Crippen LogP contribution < -0.4 is 4.31 Å². The van der Waals surface area contributed by atoms with Crippen LogP contribution in [0.2, 0.25) is 5.02 Å². The maximum atomic E-state index is 11.9. The number of hydrogen-bond donors (Lipinski definition) is 0. The molecule has 0 N–H and O–H groups in total. The minimum atomic E-state index is -3.62. The van der Waals surface area contributed by atoms with E-state index >= 15 is 0 Å². The van der Waals surface area contributed by atoms with Crippen molar-refractivity contribution in [3.8, 4) is 0 Å². The van der Waals surface area contributed by atoms with Crippen molar-refractivity contribution in [3.63, 3.8) is 0 Å². The lowest BCUT2D eigenvalue weighted by Crippen LogP contribution is -2.67. The van der Waals surface area contributed by atoms with Crippen LogP contribution >= 0.6 is 27.5 Å². The second-order valence-corrected chi connectivity index (χ2v) is 7.78. The first-order chi connectivity index (χ1) is 7.69. The van der Waals surface area contributed by atoms with Gasteiger partial charge in [-0.15, -0.1) is 0 Å². The molecule has 7 heteroatoms. The molecule has 0 radical (unpaired) electrons. The number of carbonyl (C=O) groups is 1. The zero-order valence-electron chi connectivity index (χ0n) is 9.07. The summed E-state index contributed by atoms with van der Waals surface area (Å²) in [5.74, 6) is -0.448. The normalized spacial score (nSPS) is 21.2. The number of carbonyl (C=O) groups excluding carboxylic acids is 1. The van der Waals surface area contributed by atoms with Crippen molar-refractivity contribution in [1.82, 2.24) is 0 Å². The van der Waals surface area contributed by atoms with E-state index in [2.05, 4.69) is 15.9 Å². The number of nitrogens with zero attached hydrogens (tertiary/aromatic N) is 1. The quantitative estimate of drug-likeness (QED) is 0.791. The molecule has 2 rings (SSSR count). The number of sulfonamides is 1. The topological polar surface area (TPSA) is 54.5 Å². The molecule has 1 aliphatic heterocycles. The molecule has 1 heterocycles. The molecule has 0 aliphatic carbocycles. The fourth-order valence-corrected chi connectivity index (χ4v) is 3.42. The molecule has 1 aromatic carbocycles. The third-order valence-electron chi connectivity index (χ3n) is 2.72. The lowest BCUT2D eigenvalue weighted by atomic mass is 10.1. The van der Waals surface area contributed by atoms with E-state index in [1.807, 2.05) is 0 Å². The summed E-state index contributed by atoms with van der Waals surface area (Å²) < 4.78 is 23.9. The highest BCUT2D eigenvalue weighted by Crippen LogP contribution is 2.40. The van der Waals surface area contributed by atoms with Gasteiger partial charge >= 0.3 is 0 Å². The molecular formula is C10H9BrClNO3S. The van der Waals surface area contributed by atoms with Crippen molar-refractivity contribution in [2.45, 2.75) is 18.6 Å². The third kappa shape index (κ3) is 1.62. The average molecular weight is 339 g/mol. The van der Waals surface area contributed by atoms with Gasteiger partial charge in [-0.25, -0.2) is 12.7 Å². The van der Waals surface area contributed by atoms with E-state index in [9.17, 15) is 13.2 Å². The molecule has 17 heavy (non-hydrogen) atoms. The second kappa shape index (κ2) is 3.70. The van der Waals surface area contributed by atoms with Gasteiger partial charge in [-0.2, -0.15) is 0 Å². The first-order valence-corrected chi connectivity index (χ1v) is 7.35. The number of halogens is 2. The number of amides is 1. The third-order valence-corrected chi connectivity index (χ3v) is 6.28. The van der Waals surface area contributed by atoms with E-state index in [0.717, 1.165) is 4.31 Å². The van der Waals surface area contributed by atoms with Crippen LogP contribution in [-0.2, 0) is 14.8 Å². The summed E-state index contributed by atoms with van der Waals surface area (Å²) in [4.78, 5) is 11.8. The summed E-state index contributed by atoms with van der Waals surface area (Å²) >= 11 is 9.07. The van der Waals surface area contributed by atoms with E-state index in [4.69, 9.17) is 11.6 Å². The average Bonchev–Trinajstić information content (AvgIpc) is 2.23. The molecule has 1 saturated heterocycles. The van der Waals surface area contributed by atoms with Crippen LogP contribution in [0.4, 0.5) is 5.69 Å². The van der Waals surface area contributed by atoms with Crippen LogP contribution in [0.25, 0.3) is 0 Å². The van der Waals surface area contributed by atoms with Crippen LogP contribution in [0, 0.1) is 0 Å². The van der Waals surface area contributed by atoms with E-state index in [0.29, 0.717) is 9.50 Å². The Kier molecular flexibility index (Phi) is 2.80. The van der Waals surface area contributed by atoms with Gasteiger partial charge < -0.3 is 0 Å². The van der Waals surface area contributed by atoms with Gasteiger partial charge in [0, 0.05) is 4.47 Å². The van der Waals surface area contributed by atoms with Gasteiger partial charge in [-0.05, 0) is 48.0 Å². The molecule has 0 spiro atoms. The van der Waals surface area contributed by atoms with Crippen molar-refractivity contribution < 1.29 is 13.2 Å². The maximum Gasteiger partial charge on any atom is 0.263 e.